The van der Waals surface area contributed by atoms with Crippen LogP contribution in [0.3, 0.4) is 0 Å². The van der Waals surface area contributed by atoms with Gasteiger partial charge in [-0.15, -0.1) is 0 Å². The van der Waals surface area contributed by atoms with Gasteiger partial charge in [-0.2, -0.15) is 0 Å². The molecule has 0 spiro atoms. The average molecular weight is 302 g/mol. The van der Waals surface area contributed by atoms with Crippen molar-refractivity contribution < 1.29 is 9.15 Å². The van der Waals surface area contributed by atoms with Crippen molar-refractivity contribution in [1.82, 2.24) is 9.55 Å². The van der Waals surface area contributed by atoms with E-state index in [0.29, 0.717) is 4.77 Å². The predicted molar refractivity (Wildman–Crippen MR) is 85.3 cm³/mol. The molecule has 0 aliphatic heterocycles. The van der Waals surface area contributed by atoms with Crippen molar-refractivity contribution in [2.24, 2.45) is 0 Å². The van der Waals surface area contributed by atoms with E-state index in [1.807, 2.05) is 38.1 Å². The molecule has 3 rings (SSSR count). The van der Waals surface area contributed by atoms with Crippen LogP contribution in [0.5, 0.6) is 5.75 Å². The van der Waals surface area contributed by atoms with Crippen LogP contribution in [0, 0.1) is 4.77 Å². The first-order valence-electron chi connectivity index (χ1n) is 7.05. The van der Waals surface area contributed by atoms with E-state index in [-0.39, 0.29) is 6.10 Å². The van der Waals surface area contributed by atoms with E-state index in [2.05, 4.69) is 15.6 Å². The highest BCUT2D eigenvalue weighted by atomic mass is 32.1. The summed E-state index contributed by atoms with van der Waals surface area (Å²) in [5.41, 5.74) is 2.01. The lowest BCUT2D eigenvalue weighted by atomic mass is 10.2. The SMILES string of the molecule is CC(C)Oc1cccc2c1[nH]c(=S)n2CCc1ccco1. The molecule has 0 radical (unpaired) electrons. The summed E-state index contributed by atoms with van der Waals surface area (Å²) in [5.74, 6) is 1.80. The van der Waals surface area contributed by atoms with Crippen LogP contribution in [0.4, 0.5) is 0 Å². The van der Waals surface area contributed by atoms with E-state index in [1.54, 1.807) is 6.26 Å². The lowest BCUT2D eigenvalue weighted by molar-refractivity contribution is 0.245. The second-order valence-corrected chi connectivity index (χ2v) is 5.61. The maximum absolute atomic E-state index is 5.84. The molecule has 0 fully saturated rings. The van der Waals surface area contributed by atoms with Gasteiger partial charge in [-0.05, 0) is 50.3 Å². The first-order valence-corrected chi connectivity index (χ1v) is 7.46. The standard InChI is InChI=1S/C16H18N2O2S/c1-11(2)20-14-7-3-6-13-15(14)17-16(21)18(13)9-8-12-5-4-10-19-12/h3-7,10-11H,8-9H2,1-2H3,(H,17,21). The monoisotopic (exact) mass is 302 g/mol. The van der Waals surface area contributed by atoms with Crippen LogP contribution in [-0.4, -0.2) is 15.7 Å². The maximum Gasteiger partial charge on any atom is 0.178 e. The number of aromatic nitrogens is 2. The Morgan fingerprint density at radius 2 is 2.14 bits per heavy atom. The van der Waals surface area contributed by atoms with Gasteiger partial charge in [-0.3, -0.25) is 0 Å². The molecule has 1 aromatic carbocycles. The number of para-hydroxylation sites is 1. The van der Waals surface area contributed by atoms with Crippen molar-refractivity contribution in [2.75, 3.05) is 0 Å². The molecule has 0 bridgehead atoms. The molecular weight excluding hydrogens is 284 g/mol. The number of nitrogens with one attached hydrogen (secondary N) is 1. The van der Waals surface area contributed by atoms with Gasteiger partial charge >= 0.3 is 0 Å². The summed E-state index contributed by atoms with van der Waals surface area (Å²) in [6, 6.07) is 9.89. The molecule has 0 aliphatic rings. The van der Waals surface area contributed by atoms with Gasteiger partial charge in [0.2, 0.25) is 0 Å². The Morgan fingerprint density at radius 1 is 1.29 bits per heavy atom. The Balaban J connectivity index is 1.95. The van der Waals surface area contributed by atoms with E-state index < -0.39 is 0 Å². The van der Waals surface area contributed by atoms with Gasteiger partial charge in [-0.1, -0.05) is 6.07 Å². The molecule has 0 saturated heterocycles. The van der Waals surface area contributed by atoms with Gasteiger partial charge in [0.05, 0.1) is 17.9 Å². The quantitative estimate of drug-likeness (QED) is 0.714. The molecule has 1 N–H and O–H groups in total. The summed E-state index contributed by atoms with van der Waals surface area (Å²) >= 11 is 5.44. The highest BCUT2D eigenvalue weighted by molar-refractivity contribution is 7.71. The number of furan rings is 1. The van der Waals surface area contributed by atoms with Gasteiger partial charge in [0, 0.05) is 13.0 Å². The Hall–Kier alpha value is -2.01. The minimum atomic E-state index is 0.129. The summed E-state index contributed by atoms with van der Waals surface area (Å²) in [5, 5.41) is 0. The highest BCUT2D eigenvalue weighted by Crippen LogP contribution is 2.26. The smallest absolute Gasteiger partial charge is 0.178 e. The summed E-state index contributed by atoms with van der Waals surface area (Å²) in [6.07, 6.45) is 2.63. The molecule has 0 amide bonds. The summed E-state index contributed by atoms with van der Waals surface area (Å²) < 4.78 is 14.0. The number of ether oxygens (including phenoxy) is 1. The van der Waals surface area contributed by atoms with Gasteiger partial charge in [0.1, 0.15) is 17.0 Å². The lowest BCUT2D eigenvalue weighted by Crippen LogP contribution is -2.06. The molecule has 2 heterocycles. The maximum atomic E-state index is 5.84. The van der Waals surface area contributed by atoms with Crippen LogP contribution >= 0.6 is 12.2 Å². The summed E-state index contributed by atoms with van der Waals surface area (Å²) in [4.78, 5) is 3.25. The number of imidazole rings is 1. The minimum absolute atomic E-state index is 0.129. The van der Waals surface area contributed by atoms with Crippen molar-refractivity contribution in [2.45, 2.75) is 32.9 Å². The van der Waals surface area contributed by atoms with Crippen molar-refractivity contribution in [3.63, 3.8) is 0 Å². The number of fused-ring (bicyclic) bond motifs is 1. The molecule has 0 unspecified atom stereocenters. The van der Waals surface area contributed by atoms with Crippen molar-refractivity contribution in [3.8, 4) is 5.75 Å². The molecule has 2 aromatic heterocycles. The highest BCUT2D eigenvalue weighted by Gasteiger charge is 2.10. The molecule has 0 saturated carbocycles. The lowest BCUT2D eigenvalue weighted by Gasteiger charge is -2.10. The fourth-order valence-electron chi connectivity index (χ4n) is 2.40. The Labute approximate surface area is 128 Å². The first-order chi connectivity index (χ1) is 10.1. The van der Waals surface area contributed by atoms with E-state index in [4.69, 9.17) is 21.4 Å². The second-order valence-electron chi connectivity index (χ2n) is 5.23. The third-order valence-electron chi connectivity index (χ3n) is 3.30. The summed E-state index contributed by atoms with van der Waals surface area (Å²) in [7, 11) is 0. The molecule has 0 aliphatic carbocycles. The number of nitrogens with zero attached hydrogens (tertiary/aromatic N) is 1. The fraction of sp³-hybridized carbons (Fsp3) is 0.312. The summed E-state index contributed by atoms with van der Waals surface area (Å²) in [6.45, 7) is 4.81. The van der Waals surface area contributed by atoms with E-state index in [9.17, 15) is 0 Å². The zero-order valence-electron chi connectivity index (χ0n) is 12.1. The van der Waals surface area contributed by atoms with Crippen LogP contribution in [0.1, 0.15) is 19.6 Å². The number of aryl methyl sites for hydroxylation is 2. The Bertz CT molecular complexity index is 784. The molecular formula is C16H18N2O2S. The third-order valence-corrected chi connectivity index (χ3v) is 3.62. The van der Waals surface area contributed by atoms with E-state index in [0.717, 1.165) is 35.5 Å². The van der Waals surface area contributed by atoms with Gasteiger partial charge in [0.15, 0.2) is 4.77 Å². The largest absolute Gasteiger partial charge is 0.489 e. The van der Waals surface area contributed by atoms with E-state index in [1.165, 1.54) is 0 Å². The van der Waals surface area contributed by atoms with Crippen LogP contribution in [0.15, 0.2) is 41.0 Å². The Kier molecular flexibility index (Phi) is 3.84. The van der Waals surface area contributed by atoms with Crippen molar-refractivity contribution >= 4 is 23.3 Å². The predicted octanol–water partition coefficient (Wildman–Crippen LogP) is 4.32. The Morgan fingerprint density at radius 3 is 2.86 bits per heavy atom. The van der Waals surface area contributed by atoms with Crippen molar-refractivity contribution in [1.29, 1.82) is 0 Å². The zero-order valence-corrected chi connectivity index (χ0v) is 12.9. The number of rotatable bonds is 5. The van der Waals surface area contributed by atoms with E-state index >= 15 is 0 Å². The molecule has 4 nitrogen and oxygen atoms in total. The molecule has 21 heavy (non-hydrogen) atoms. The number of hydrogen-bond acceptors (Lipinski definition) is 3. The first kappa shape index (κ1) is 13.9. The number of aromatic amines is 1. The fourth-order valence-corrected chi connectivity index (χ4v) is 2.70. The van der Waals surface area contributed by atoms with Crippen LogP contribution < -0.4 is 4.74 Å². The van der Waals surface area contributed by atoms with Crippen LogP contribution in [0.2, 0.25) is 0 Å². The minimum Gasteiger partial charge on any atom is -0.489 e. The second kappa shape index (κ2) is 5.77. The third kappa shape index (κ3) is 2.88. The zero-order chi connectivity index (χ0) is 14.8. The van der Waals surface area contributed by atoms with Crippen LogP contribution in [0.25, 0.3) is 11.0 Å². The average Bonchev–Trinajstić information content (AvgIpc) is 3.04. The van der Waals surface area contributed by atoms with Gasteiger partial charge in [-0.25, -0.2) is 0 Å². The molecule has 3 aromatic rings. The number of hydrogen-bond donors (Lipinski definition) is 1. The van der Waals surface area contributed by atoms with Crippen molar-refractivity contribution in [3.05, 3.63) is 47.1 Å². The number of benzene rings is 1. The molecule has 110 valence electrons. The van der Waals surface area contributed by atoms with Gasteiger partial charge < -0.3 is 18.7 Å². The number of H-pyrrole nitrogens is 1. The molecule has 5 heteroatoms. The normalized spacial score (nSPS) is 11.4. The molecule has 0 atom stereocenters. The van der Waals surface area contributed by atoms with Crippen LogP contribution in [-0.2, 0) is 13.0 Å². The van der Waals surface area contributed by atoms with Gasteiger partial charge in [0.25, 0.3) is 0 Å². The topological polar surface area (TPSA) is 43.1 Å².